The van der Waals surface area contributed by atoms with Crippen LogP contribution in [0.4, 0.5) is 0 Å². The molecule has 39 heavy (non-hydrogen) atoms. The fourth-order valence-electron chi connectivity index (χ4n) is 5.46. The minimum absolute atomic E-state index is 0.756. The molecule has 0 atom stereocenters. The Bertz CT molecular complexity index is 969. The molecular formula is C34H54N2O3. The maximum atomic E-state index is 6.12. The number of nitrogens with zero attached hydrogens (tertiary/aromatic N) is 2. The summed E-state index contributed by atoms with van der Waals surface area (Å²) in [7, 11) is 0. The fourth-order valence-corrected chi connectivity index (χ4v) is 5.46. The summed E-state index contributed by atoms with van der Waals surface area (Å²) >= 11 is 0. The Balaban J connectivity index is 1.44. The Morgan fingerprint density at radius 1 is 0.513 bits per heavy atom. The monoisotopic (exact) mass is 538 g/mol. The quantitative estimate of drug-likeness (QED) is 0.119. The van der Waals surface area contributed by atoms with Crippen LogP contribution in [0.25, 0.3) is 21.9 Å². The highest BCUT2D eigenvalue weighted by Crippen LogP contribution is 2.33. The summed E-state index contributed by atoms with van der Waals surface area (Å²) in [6, 6.07) is 12.3. The third kappa shape index (κ3) is 10.7. The van der Waals surface area contributed by atoms with E-state index in [9.17, 15) is 0 Å². The Kier molecular flexibility index (Phi) is 14.6. The van der Waals surface area contributed by atoms with Gasteiger partial charge >= 0.3 is 0 Å². The van der Waals surface area contributed by atoms with E-state index in [2.05, 4.69) is 49.6 Å². The molecule has 0 N–H and O–H groups in total. The molecule has 5 heteroatoms. The number of fused-ring (bicyclic) bond motifs is 3. The SMILES string of the molecule is CCCN(CCC)CCCCCOc1ccc2oc3ccc(OCCCCCN(CCC)CCC)cc3c2c1. The normalized spacial score (nSPS) is 11.8. The topological polar surface area (TPSA) is 38.1 Å². The van der Waals surface area contributed by atoms with E-state index >= 15 is 0 Å². The van der Waals surface area contributed by atoms with Gasteiger partial charge in [-0.2, -0.15) is 0 Å². The maximum absolute atomic E-state index is 6.12. The second-order valence-corrected chi connectivity index (χ2v) is 10.9. The molecule has 0 unspecified atom stereocenters. The van der Waals surface area contributed by atoms with Crippen molar-refractivity contribution >= 4 is 21.9 Å². The number of ether oxygens (including phenoxy) is 2. The second-order valence-electron chi connectivity index (χ2n) is 10.9. The van der Waals surface area contributed by atoms with Crippen LogP contribution < -0.4 is 9.47 Å². The van der Waals surface area contributed by atoms with Crippen molar-refractivity contribution < 1.29 is 13.9 Å². The molecule has 3 rings (SSSR count). The van der Waals surface area contributed by atoms with E-state index in [4.69, 9.17) is 13.9 Å². The van der Waals surface area contributed by atoms with Crippen LogP contribution in [0, 0.1) is 0 Å². The van der Waals surface area contributed by atoms with Gasteiger partial charge in [-0.05, 0) is 140 Å². The zero-order chi connectivity index (χ0) is 27.7. The van der Waals surface area contributed by atoms with Crippen LogP contribution >= 0.6 is 0 Å². The van der Waals surface area contributed by atoms with E-state index in [1.165, 1.54) is 90.6 Å². The highest BCUT2D eigenvalue weighted by molar-refractivity contribution is 6.05. The van der Waals surface area contributed by atoms with Gasteiger partial charge in [-0.3, -0.25) is 0 Å². The van der Waals surface area contributed by atoms with Crippen LogP contribution in [-0.2, 0) is 0 Å². The van der Waals surface area contributed by atoms with Gasteiger partial charge in [-0.1, -0.05) is 27.7 Å². The highest BCUT2D eigenvalue weighted by atomic mass is 16.5. The first-order chi connectivity index (χ1) is 19.2. The summed E-state index contributed by atoms with van der Waals surface area (Å²) in [5, 5.41) is 2.18. The largest absolute Gasteiger partial charge is 0.494 e. The minimum atomic E-state index is 0.756. The summed E-state index contributed by atoms with van der Waals surface area (Å²) in [5.41, 5.74) is 1.79. The Morgan fingerprint density at radius 2 is 0.923 bits per heavy atom. The number of benzene rings is 2. The first-order valence-electron chi connectivity index (χ1n) is 15.8. The zero-order valence-electron chi connectivity index (χ0n) is 25.3. The van der Waals surface area contributed by atoms with E-state index < -0.39 is 0 Å². The molecular weight excluding hydrogens is 484 g/mol. The molecule has 1 heterocycles. The molecule has 0 amide bonds. The predicted octanol–water partition coefficient (Wildman–Crippen LogP) is 8.93. The van der Waals surface area contributed by atoms with Crippen LogP contribution in [0.3, 0.4) is 0 Å². The van der Waals surface area contributed by atoms with Gasteiger partial charge in [0.25, 0.3) is 0 Å². The van der Waals surface area contributed by atoms with Gasteiger partial charge in [0.1, 0.15) is 22.7 Å². The smallest absolute Gasteiger partial charge is 0.135 e. The molecule has 2 aromatic carbocycles. The molecule has 0 saturated heterocycles. The molecule has 0 radical (unpaired) electrons. The maximum Gasteiger partial charge on any atom is 0.135 e. The number of hydrogen-bond donors (Lipinski definition) is 0. The Labute approximate surface area is 237 Å². The third-order valence-corrected chi connectivity index (χ3v) is 7.35. The number of rotatable bonds is 22. The Morgan fingerprint density at radius 3 is 1.31 bits per heavy atom. The lowest BCUT2D eigenvalue weighted by atomic mass is 10.1. The van der Waals surface area contributed by atoms with Gasteiger partial charge in [0, 0.05) is 10.8 Å². The van der Waals surface area contributed by atoms with E-state index in [1.807, 2.05) is 24.3 Å². The molecule has 0 saturated carbocycles. The third-order valence-electron chi connectivity index (χ3n) is 7.35. The van der Waals surface area contributed by atoms with Crippen LogP contribution in [0.1, 0.15) is 91.9 Å². The van der Waals surface area contributed by atoms with E-state index in [0.29, 0.717) is 0 Å². The summed E-state index contributed by atoms with van der Waals surface area (Å²) < 4.78 is 18.3. The lowest BCUT2D eigenvalue weighted by Crippen LogP contribution is -2.26. The zero-order valence-corrected chi connectivity index (χ0v) is 25.3. The first kappa shape index (κ1) is 31.3. The Hall–Kier alpha value is -2.24. The fraction of sp³-hybridized carbons (Fsp3) is 0.647. The number of unbranched alkanes of at least 4 members (excludes halogenated alkanes) is 4. The van der Waals surface area contributed by atoms with Crippen molar-refractivity contribution in [3.63, 3.8) is 0 Å². The summed E-state index contributed by atoms with van der Waals surface area (Å²) in [4.78, 5) is 5.18. The van der Waals surface area contributed by atoms with Crippen LogP contribution in [0.2, 0.25) is 0 Å². The average Bonchev–Trinajstić information content (AvgIpc) is 3.30. The lowest BCUT2D eigenvalue weighted by molar-refractivity contribution is 0.259. The first-order valence-corrected chi connectivity index (χ1v) is 15.8. The average molecular weight is 539 g/mol. The molecule has 5 nitrogen and oxygen atoms in total. The standard InChI is InChI=1S/C34H54N2O3/c1-5-19-35(20-6-2)23-11-9-13-25-37-29-15-17-33-31(27-29)32-28-30(16-18-34(32)39-33)38-26-14-10-12-24-36(21-7-3)22-8-4/h15-18,27-28H,5-14,19-26H2,1-4H3. The molecule has 3 aromatic rings. The van der Waals surface area contributed by atoms with Crippen LogP contribution in [0.5, 0.6) is 11.5 Å². The van der Waals surface area contributed by atoms with Crippen LogP contribution in [0.15, 0.2) is 40.8 Å². The number of furan rings is 1. The van der Waals surface area contributed by atoms with Gasteiger partial charge in [-0.25, -0.2) is 0 Å². The van der Waals surface area contributed by atoms with Crippen molar-refractivity contribution in [3.05, 3.63) is 36.4 Å². The van der Waals surface area contributed by atoms with Gasteiger partial charge in [0.05, 0.1) is 13.2 Å². The predicted molar refractivity (Wildman–Crippen MR) is 166 cm³/mol. The molecule has 1 aromatic heterocycles. The molecule has 0 aliphatic heterocycles. The van der Waals surface area contributed by atoms with Crippen molar-refractivity contribution in [1.82, 2.24) is 9.80 Å². The lowest BCUT2D eigenvalue weighted by Gasteiger charge is -2.20. The van der Waals surface area contributed by atoms with Crippen molar-refractivity contribution in [2.45, 2.75) is 91.9 Å². The molecule has 0 spiro atoms. The molecule has 0 aliphatic rings. The van der Waals surface area contributed by atoms with Crippen molar-refractivity contribution in [2.24, 2.45) is 0 Å². The van der Waals surface area contributed by atoms with Gasteiger partial charge < -0.3 is 23.7 Å². The van der Waals surface area contributed by atoms with Gasteiger partial charge in [0.2, 0.25) is 0 Å². The van der Waals surface area contributed by atoms with E-state index in [1.54, 1.807) is 0 Å². The highest BCUT2D eigenvalue weighted by Gasteiger charge is 2.10. The molecule has 0 fully saturated rings. The van der Waals surface area contributed by atoms with Gasteiger partial charge in [0.15, 0.2) is 0 Å². The summed E-state index contributed by atoms with van der Waals surface area (Å²) in [5.74, 6) is 1.82. The summed E-state index contributed by atoms with van der Waals surface area (Å²) in [6.07, 6.45) is 12.0. The molecule has 0 aliphatic carbocycles. The van der Waals surface area contributed by atoms with Crippen molar-refractivity contribution in [2.75, 3.05) is 52.5 Å². The minimum Gasteiger partial charge on any atom is -0.494 e. The second kappa shape index (κ2) is 18.2. The van der Waals surface area contributed by atoms with Crippen LogP contribution in [-0.4, -0.2) is 62.3 Å². The number of hydrogen-bond acceptors (Lipinski definition) is 5. The molecule has 0 bridgehead atoms. The van der Waals surface area contributed by atoms with Crippen molar-refractivity contribution in [3.8, 4) is 11.5 Å². The van der Waals surface area contributed by atoms with Crippen molar-refractivity contribution in [1.29, 1.82) is 0 Å². The van der Waals surface area contributed by atoms with Gasteiger partial charge in [-0.15, -0.1) is 0 Å². The van der Waals surface area contributed by atoms with E-state index in [-0.39, 0.29) is 0 Å². The summed E-state index contributed by atoms with van der Waals surface area (Å²) in [6.45, 7) is 17.8. The van der Waals surface area contributed by atoms with E-state index in [0.717, 1.165) is 59.5 Å². The molecule has 218 valence electrons.